The maximum atomic E-state index is 11.8. The van der Waals surface area contributed by atoms with E-state index in [1.54, 1.807) is 0 Å². The summed E-state index contributed by atoms with van der Waals surface area (Å²) in [5.41, 5.74) is 0. The molecule has 1 saturated heterocycles. The molecule has 1 heterocycles. The Balaban J connectivity index is 2.07. The Bertz CT molecular complexity index is 276. The first-order valence-corrected chi connectivity index (χ1v) is 7.43. The fourth-order valence-electron chi connectivity index (χ4n) is 3.80. The number of rotatable bonds is 2. The largest absolute Gasteiger partial charge is 0.299 e. The van der Waals surface area contributed by atoms with E-state index in [-0.39, 0.29) is 5.92 Å². The lowest BCUT2D eigenvalue weighted by Crippen LogP contribution is -2.54. The minimum absolute atomic E-state index is 0.239. The molecule has 0 N–H and O–H groups in total. The molecule has 0 bridgehead atoms. The number of Topliss-reactive ketones (excluding diaryl/α,β-unsaturated/α-hetero) is 1. The van der Waals surface area contributed by atoms with E-state index < -0.39 is 0 Å². The molecule has 98 valence electrons. The lowest BCUT2D eigenvalue weighted by Gasteiger charge is -2.46. The number of likely N-dealkylation sites (tertiary alicyclic amines) is 1. The number of carbonyl (C=O) groups is 1. The highest BCUT2D eigenvalue weighted by Crippen LogP contribution is 2.34. The standard InChI is InChI=1S/C15H27NO/c1-4-13-7-5-6-8-14(13)16-10-9-15(17)11(2)12(16)3/h11-14H,4-10H2,1-3H3. The first-order chi connectivity index (χ1) is 8.15. The van der Waals surface area contributed by atoms with Gasteiger partial charge in [0.05, 0.1) is 0 Å². The number of piperidine rings is 1. The predicted molar refractivity (Wildman–Crippen MR) is 71.0 cm³/mol. The summed E-state index contributed by atoms with van der Waals surface area (Å²) in [5, 5.41) is 0. The molecule has 2 fully saturated rings. The first-order valence-electron chi connectivity index (χ1n) is 7.43. The van der Waals surface area contributed by atoms with Gasteiger partial charge in [0.15, 0.2) is 0 Å². The highest BCUT2D eigenvalue weighted by molar-refractivity contribution is 5.82. The Morgan fingerprint density at radius 3 is 2.65 bits per heavy atom. The monoisotopic (exact) mass is 237 g/mol. The van der Waals surface area contributed by atoms with Gasteiger partial charge in [-0.15, -0.1) is 0 Å². The molecule has 2 heteroatoms. The zero-order valence-electron chi connectivity index (χ0n) is 11.6. The van der Waals surface area contributed by atoms with Gasteiger partial charge in [-0.3, -0.25) is 9.69 Å². The SMILES string of the molecule is CCC1CCCCC1N1CCC(=O)C(C)C1C. The molecule has 4 unspecified atom stereocenters. The van der Waals surface area contributed by atoms with Gasteiger partial charge in [-0.05, 0) is 25.7 Å². The fourth-order valence-corrected chi connectivity index (χ4v) is 3.80. The third kappa shape index (κ3) is 2.57. The molecule has 0 aromatic heterocycles. The Hall–Kier alpha value is -0.370. The van der Waals surface area contributed by atoms with Gasteiger partial charge < -0.3 is 0 Å². The van der Waals surface area contributed by atoms with Crippen LogP contribution in [0.2, 0.25) is 0 Å². The van der Waals surface area contributed by atoms with Crippen molar-refractivity contribution in [2.45, 2.75) is 71.4 Å². The van der Waals surface area contributed by atoms with E-state index in [1.165, 1.54) is 32.1 Å². The Labute approximate surface area is 106 Å². The van der Waals surface area contributed by atoms with Crippen molar-refractivity contribution in [1.82, 2.24) is 4.90 Å². The van der Waals surface area contributed by atoms with E-state index in [0.29, 0.717) is 11.8 Å². The van der Waals surface area contributed by atoms with Crippen LogP contribution >= 0.6 is 0 Å². The number of carbonyl (C=O) groups excluding carboxylic acids is 1. The summed E-state index contributed by atoms with van der Waals surface area (Å²) in [4.78, 5) is 14.4. The molecular formula is C15H27NO. The van der Waals surface area contributed by atoms with Crippen LogP contribution < -0.4 is 0 Å². The van der Waals surface area contributed by atoms with Crippen molar-refractivity contribution in [3.63, 3.8) is 0 Å². The van der Waals surface area contributed by atoms with Crippen LogP contribution in [0.25, 0.3) is 0 Å². The van der Waals surface area contributed by atoms with Gasteiger partial charge in [-0.1, -0.05) is 33.1 Å². The quantitative estimate of drug-likeness (QED) is 0.735. The van der Waals surface area contributed by atoms with Crippen molar-refractivity contribution < 1.29 is 4.79 Å². The van der Waals surface area contributed by atoms with E-state index in [1.807, 2.05) is 0 Å². The Kier molecular flexibility index (Phi) is 4.24. The molecular weight excluding hydrogens is 210 g/mol. The molecule has 4 atom stereocenters. The van der Waals surface area contributed by atoms with Gasteiger partial charge in [-0.25, -0.2) is 0 Å². The minimum Gasteiger partial charge on any atom is -0.299 e. The summed E-state index contributed by atoms with van der Waals surface area (Å²) in [6.07, 6.45) is 7.61. The topological polar surface area (TPSA) is 20.3 Å². The summed E-state index contributed by atoms with van der Waals surface area (Å²) >= 11 is 0. The van der Waals surface area contributed by atoms with E-state index in [0.717, 1.165) is 24.9 Å². The van der Waals surface area contributed by atoms with Crippen LogP contribution in [-0.2, 0) is 4.79 Å². The average Bonchev–Trinajstić information content (AvgIpc) is 2.36. The molecule has 1 saturated carbocycles. The van der Waals surface area contributed by atoms with Gasteiger partial charge in [0.25, 0.3) is 0 Å². The maximum absolute atomic E-state index is 11.8. The Morgan fingerprint density at radius 1 is 1.24 bits per heavy atom. The van der Waals surface area contributed by atoms with Gasteiger partial charge in [0.2, 0.25) is 0 Å². The summed E-state index contributed by atoms with van der Waals surface area (Å²) in [5.74, 6) is 1.58. The summed E-state index contributed by atoms with van der Waals surface area (Å²) in [6, 6.07) is 1.20. The normalized spacial score (nSPS) is 40.5. The van der Waals surface area contributed by atoms with Crippen LogP contribution in [0.3, 0.4) is 0 Å². The highest BCUT2D eigenvalue weighted by atomic mass is 16.1. The second kappa shape index (κ2) is 5.51. The van der Waals surface area contributed by atoms with Crippen molar-refractivity contribution in [3.05, 3.63) is 0 Å². The van der Waals surface area contributed by atoms with Crippen LogP contribution in [0.1, 0.15) is 59.3 Å². The lowest BCUT2D eigenvalue weighted by molar-refractivity contribution is -0.129. The molecule has 2 rings (SSSR count). The van der Waals surface area contributed by atoms with Gasteiger partial charge in [0.1, 0.15) is 5.78 Å². The first kappa shape index (κ1) is 13.1. The van der Waals surface area contributed by atoms with E-state index in [9.17, 15) is 4.79 Å². The fraction of sp³-hybridized carbons (Fsp3) is 0.933. The van der Waals surface area contributed by atoms with Gasteiger partial charge in [0, 0.05) is 31.0 Å². The van der Waals surface area contributed by atoms with E-state index in [2.05, 4.69) is 25.7 Å². The third-order valence-corrected chi connectivity index (χ3v) is 5.19. The van der Waals surface area contributed by atoms with Crippen molar-refractivity contribution in [2.75, 3.05) is 6.54 Å². The second-order valence-corrected chi connectivity index (χ2v) is 6.00. The molecule has 1 aliphatic carbocycles. The van der Waals surface area contributed by atoms with Crippen LogP contribution in [-0.4, -0.2) is 29.3 Å². The second-order valence-electron chi connectivity index (χ2n) is 6.00. The molecule has 0 aromatic rings. The smallest absolute Gasteiger partial charge is 0.138 e. The molecule has 17 heavy (non-hydrogen) atoms. The van der Waals surface area contributed by atoms with Crippen LogP contribution in [0, 0.1) is 11.8 Å². The number of hydrogen-bond acceptors (Lipinski definition) is 2. The average molecular weight is 237 g/mol. The zero-order valence-corrected chi connectivity index (χ0v) is 11.6. The number of hydrogen-bond donors (Lipinski definition) is 0. The van der Waals surface area contributed by atoms with Crippen LogP contribution in [0.15, 0.2) is 0 Å². The molecule has 0 spiro atoms. The molecule has 2 nitrogen and oxygen atoms in total. The van der Waals surface area contributed by atoms with E-state index >= 15 is 0 Å². The van der Waals surface area contributed by atoms with Gasteiger partial charge in [-0.2, -0.15) is 0 Å². The van der Waals surface area contributed by atoms with Gasteiger partial charge >= 0.3 is 0 Å². The number of ketones is 1. The molecule has 2 aliphatic rings. The minimum atomic E-state index is 0.239. The predicted octanol–water partition coefficient (Wildman–Crippen LogP) is 3.25. The lowest BCUT2D eigenvalue weighted by atomic mass is 9.79. The molecule has 1 aliphatic heterocycles. The summed E-state index contributed by atoms with van der Waals surface area (Å²) in [6.45, 7) is 7.70. The highest BCUT2D eigenvalue weighted by Gasteiger charge is 2.37. The summed E-state index contributed by atoms with van der Waals surface area (Å²) < 4.78 is 0. The molecule has 0 amide bonds. The van der Waals surface area contributed by atoms with Crippen LogP contribution in [0.5, 0.6) is 0 Å². The van der Waals surface area contributed by atoms with Crippen molar-refractivity contribution in [2.24, 2.45) is 11.8 Å². The van der Waals surface area contributed by atoms with Crippen molar-refractivity contribution in [3.8, 4) is 0 Å². The van der Waals surface area contributed by atoms with E-state index in [4.69, 9.17) is 0 Å². The van der Waals surface area contributed by atoms with Crippen molar-refractivity contribution in [1.29, 1.82) is 0 Å². The summed E-state index contributed by atoms with van der Waals surface area (Å²) in [7, 11) is 0. The molecule has 0 radical (unpaired) electrons. The third-order valence-electron chi connectivity index (χ3n) is 5.19. The Morgan fingerprint density at radius 2 is 1.94 bits per heavy atom. The maximum Gasteiger partial charge on any atom is 0.138 e. The number of nitrogens with zero attached hydrogens (tertiary/aromatic N) is 1. The zero-order chi connectivity index (χ0) is 12.4. The van der Waals surface area contributed by atoms with Crippen LogP contribution in [0.4, 0.5) is 0 Å². The van der Waals surface area contributed by atoms with Crippen molar-refractivity contribution >= 4 is 5.78 Å². The molecule has 0 aromatic carbocycles.